The first-order valence-corrected chi connectivity index (χ1v) is 8.55. The Labute approximate surface area is 149 Å². The fourth-order valence-corrected chi connectivity index (χ4v) is 2.54. The third kappa shape index (κ3) is 6.11. The summed E-state index contributed by atoms with van der Waals surface area (Å²) >= 11 is 1.12. The summed E-state index contributed by atoms with van der Waals surface area (Å²) < 4.78 is 11.0. The van der Waals surface area contributed by atoms with Gasteiger partial charge in [-0.05, 0) is 24.6 Å². The zero-order valence-corrected chi connectivity index (χ0v) is 15.1. The Bertz CT molecular complexity index is 734. The van der Waals surface area contributed by atoms with Crippen LogP contribution in [-0.4, -0.2) is 53.3 Å². The molecule has 1 aromatic carbocycles. The van der Waals surface area contributed by atoms with Gasteiger partial charge in [0, 0.05) is 14.1 Å². The molecule has 0 saturated carbocycles. The van der Waals surface area contributed by atoms with Gasteiger partial charge in [0.1, 0.15) is 5.75 Å². The summed E-state index contributed by atoms with van der Waals surface area (Å²) in [5.74, 6) is 0.723. The number of nitrogens with one attached hydrogen (secondary N) is 1. The first kappa shape index (κ1) is 18.8. The highest BCUT2D eigenvalue weighted by Crippen LogP contribution is 2.18. The molecular weight excluding hydrogens is 344 g/mol. The lowest BCUT2D eigenvalue weighted by Crippen LogP contribution is -2.37. The Balaban J connectivity index is 1.79. The van der Waals surface area contributed by atoms with Crippen LogP contribution in [0, 0.1) is 6.92 Å². The maximum absolute atomic E-state index is 11.9. The van der Waals surface area contributed by atoms with Gasteiger partial charge in [-0.15, -0.1) is 10.2 Å². The fourth-order valence-electron chi connectivity index (χ4n) is 1.82. The first-order chi connectivity index (χ1) is 12.0. The van der Waals surface area contributed by atoms with Crippen LogP contribution in [0.25, 0.3) is 0 Å². The van der Waals surface area contributed by atoms with Crippen molar-refractivity contribution in [2.24, 2.45) is 0 Å². The SMILES string of the molecule is CNC(=O)CN(C)C(=O)CSc1nnc(COc2cccc(C)c2)o1. The van der Waals surface area contributed by atoms with Gasteiger partial charge in [0.2, 0.25) is 11.8 Å². The molecule has 0 unspecified atom stereocenters. The molecule has 2 rings (SSSR count). The minimum atomic E-state index is -0.228. The van der Waals surface area contributed by atoms with Crippen molar-refractivity contribution < 1.29 is 18.7 Å². The molecule has 1 aromatic heterocycles. The van der Waals surface area contributed by atoms with E-state index in [1.807, 2.05) is 31.2 Å². The summed E-state index contributed by atoms with van der Waals surface area (Å²) in [7, 11) is 3.08. The van der Waals surface area contributed by atoms with Crippen LogP contribution in [0.2, 0.25) is 0 Å². The molecule has 0 radical (unpaired) electrons. The average Bonchev–Trinajstić information content (AvgIpc) is 3.05. The second-order valence-electron chi connectivity index (χ2n) is 5.28. The summed E-state index contributed by atoms with van der Waals surface area (Å²) in [4.78, 5) is 24.5. The average molecular weight is 364 g/mol. The first-order valence-electron chi connectivity index (χ1n) is 7.57. The maximum Gasteiger partial charge on any atom is 0.277 e. The van der Waals surface area contributed by atoms with Gasteiger partial charge in [0.15, 0.2) is 6.61 Å². The number of aromatic nitrogens is 2. The molecule has 2 aromatic rings. The molecule has 1 N–H and O–H groups in total. The topological polar surface area (TPSA) is 97.6 Å². The van der Waals surface area contributed by atoms with Gasteiger partial charge >= 0.3 is 0 Å². The molecule has 0 atom stereocenters. The number of aryl methyl sites for hydroxylation is 1. The number of likely N-dealkylation sites (N-methyl/N-ethyl adjacent to an activating group) is 2. The van der Waals surface area contributed by atoms with Gasteiger partial charge in [0.05, 0.1) is 12.3 Å². The zero-order valence-electron chi connectivity index (χ0n) is 14.3. The lowest BCUT2D eigenvalue weighted by Gasteiger charge is -2.14. The standard InChI is InChI=1S/C16H20N4O4S/c1-11-5-4-6-12(7-11)23-9-14-18-19-16(24-14)25-10-15(22)20(3)8-13(21)17-2/h4-7H,8-10H2,1-3H3,(H,17,21). The monoisotopic (exact) mass is 364 g/mol. The van der Waals surface area contributed by atoms with E-state index in [1.54, 1.807) is 7.05 Å². The van der Waals surface area contributed by atoms with Crippen molar-refractivity contribution in [2.45, 2.75) is 18.8 Å². The summed E-state index contributed by atoms with van der Waals surface area (Å²) in [6, 6.07) is 7.64. The second kappa shape index (κ2) is 9.07. The molecule has 0 aliphatic carbocycles. The van der Waals surface area contributed by atoms with Crippen molar-refractivity contribution in [1.29, 1.82) is 0 Å². The molecule has 0 aliphatic rings. The van der Waals surface area contributed by atoms with Crippen LogP contribution in [-0.2, 0) is 16.2 Å². The number of amides is 2. The van der Waals surface area contributed by atoms with Crippen molar-refractivity contribution in [3.8, 4) is 5.75 Å². The molecule has 1 heterocycles. The summed E-state index contributed by atoms with van der Waals surface area (Å²) in [6.45, 7) is 2.14. The van der Waals surface area contributed by atoms with E-state index >= 15 is 0 Å². The lowest BCUT2D eigenvalue weighted by atomic mass is 10.2. The van der Waals surface area contributed by atoms with Crippen LogP contribution < -0.4 is 10.1 Å². The molecule has 0 aliphatic heterocycles. The van der Waals surface area contributed by atoms with Crippen LogP contribution >= 0.6 is 11.8 Å². The number of hydrogen-bond acceptors (Lipinski definition) is 7. The van der Waals surface area contributed by atoms with E-state index in [-0.39, 0.29) is 35.9 Å². The van der Waals surface area contributed by atoms with Crippen molar-refractivity contribution in [2.75, 3.05) is 26.4 Å². The molecule has 2 amide bonds. The molecule has 0 fully saturated rings. The fraction of sp³-hybridized carbons (Fsp3) is 0.375. The lowest BCUT2D eigenvalue weighted by molar-refractivity contribution is -0.132. The summed E-state index contributed by atoms with van der Waals surface area (Å²) in [6.07, 6.45) is 0. The molecule has 9 heteroatoms. The number of nitrogens with zero attached hydrogens (tertiary/aromatic N) is 3. The highest BCUT2D eigenvalue weighted by Gasteiger charge is 2.15. The van der Waals surface area contributed by atoms with E-state index in [0.717, 1.165) is 23.1 Å². The van der Waals surface area contributed by atoms with Crippen LogP contribution in [0.5, 0.6) is 5.75 Å². The van der Waals surface area contributed by atoms with Gasteiger partial charge in [0.25, 0.3) is 11.1 Å². The Morgan fingerprint density at radius 1 is 1.36 bits per heavy atom. The largest absolute Gasteiger partial charge is 0.484 e. The Hall–Kier alpha value is -2.55. The Morgan fingerprint density at radius 3 is 2.88 bits per heavy atom. The van der Waals surface area contributed by atoms with Crippen molar-refractivity contribution in [3.05, 3.63) is 35.7 Å². The molecule has 134 valence electrons. The molecule has 0 saturated heterocycles. The van der Waals surface area contributed by atoms with Gasteiger partial charge in [-0.3, -0.25) is 9.59 Å². The zero-order chi connectivity index (χ0) is 18.2. The molecule has 0 spiro atoms. The number of carbonyl (C=O) groups excluding carboxylic acids is 2. The third-order valence-corrected chi connectivity index (χ3v) is 4.01. The van der Waals surface area contributed by atoms with Crippen LogP contribution in [0.15, 0.2) is 33.9 Å². The van der Waals surface area contributed by atoms with Gasteiger partial charge in [-0.25, -0.2) is 0 Å². The van der Waals surface area contributed by atoms with E-state index in [4.69, 9.17) is 9.15 Å². The van der Waals surface area contributed by atoms with E-state index in [0.29, 0.717) is 5.89 Å². The minimum Gasteiger partial charge on any atom is -0.484 e. The highest BCUT2D eigenvalue weighted by atomic mass is 32.2. The highest BCUT2D eigenvalue weighted by molar-refractivity contribution is 7.99. The smallest absolute Gasteiger partial charge is 0.277 e. The number of carbonyl (C=O) groups is 2. The molecular formula is C16H20N4O4S. The van der Waals surface area contributed by atoms with Gasteiger partial charge in [-0.1, -0.05) is 23.9 Å². The number of benzene rings is 1. The number of rotatable bonds is 8. The van der Waals surface area contributed by atoms with Gasteiger partial charge in [-0.2, -0.15) is 0 Å². The normalized spacial score (nSPS) is 10.4. The number of ether oxygens (including phenoxy) is 1. The predicted octanol–water partition coefficient (Wildman–Crippen LogP) is 1.25. The van der Waals surface area contributed by atoms with E-state index in [2.05, 4.69) is 15.5 Å². The van der Waals surface area contributed by atoms with Crippen LogP contribution in [0.3, 0.4) is 0 Å². The van der Waals surface area contributed by atoms with E-state index in [1.165, 1.54) is 11.9 Å². The quantitative estimate of drug-likeness (QED) is 0.704. The summed E-state index contributed by atoms with van der Waals surface area (Å²) in [5, 5.41) is 10.5. The van der Waals surface area contributed by atoms with E-state index in [9.17, 15) is 9.59 Å². The van der Waals surface area contributed by atoms with Crippen LogP contribution in [0.1, 0.15) is 11.5 Å². The third-order valence-electron chi connectivity index (χ3n) is 3.20. The molecule has 25 heavy (non-hydrogen) atoms. The van der Waals surface area contributed by atoms with Crippen molar-refractivity contribution >= 4 is 23.6 Å². The van der Waals surface area contributed by atoms with Crippen LogP contribution in [0.4, 0.5) is 0 Å². The number of thioether (sulfide) groups is 1. The Kier molecular flexibility index (Phi) is 6.81. The minimum absolute atomic E-state index is 0.00924. The second-order valence-corrected chi connectivity index (χ2v) is 6.21. The summed E-state index contributed by atoms with van der Waals surface area (Å²) in [5.41, 5.74) is 1.10. The number of hydrogen-bond donors (Lipinski definition) is 1. The van der Waals surface area contributed by atoms with Crippen molar-refractivity contribution in [1.82, 2.24) is 20.4 Å². The van der Waals surface area contributed by atoms with Gasteiger partial charge < -0.3 is 19.4 Å². The molecule has 8 nitrogen and oxygen atoms in total. The Morgan fingerprint density at radius 2 is 2.16 bits per heavy atom. The predicted molar refractivity (Wildman–Crippen MR) is 92.2 cm³/mol. The van der Waals surface area contributed by atoms with E-state index < -0.39 is 0 Å². The molecule has 0 bridgehead atoms. The van der Waals surface area contributed by atoms with Crippen molar-refractivity contribution in [3.63, 3.8) is 0 Å². The maximum atomic E-state index is 11.9.